The van der Waals surface area contributed by atoms with Crippen LogP contribution < -0.4 is 10.0 Å². The van der Waals surface area contributed by atoms with E-state index in [1.807, 2.05) is 12.1 Å². The van der Waals surface area contributed by atoms with E-state index in [2.05, 4.69) is 15.1 Å². The Morgan fingerprint density at radius 3 is 2.47 bits per heavy atom. The van der Waals surface area contributed by atoms with E-state index in [0.29, 0.717) is 28.7 Å². The molecule has 0 saturated heterocycles. The van der Waals surface area contributed by atoms with E-state index in [0.717, 1.165) is 5.56 Å². The van der Waals surface area contributed by atoms with Crippen molar-refractivity contribution in [3.8, 4) is 0 Å². The maximum Gasteiger partial charge on any atom is 0.256 e. The molecular weight excluding hydrogens is 452 g/mol. The number of rotatable bonds is 8. The molecule has 2 N–H and O–H groups in total. The number of sulfonamides is 1. The summed E-state index contributed by atoms with van der Waals surface area (Å²) < 4.78 is 34.1. The molecule has 4 aromatic rings. The fraction of sp³-hybridized carbons (Fsp3) is 0.0909. The third-order valence-corrected chi connectivity index (χ3v) is 6.32. The first-order chi connectivity index (χ1) is 15.4. The van der Waals surface area contributed by atoms with Gasteiger partial charge >= 0.3 is 0 Å². The van der Waals surface area contributed by atoms with Crippen LogP contribution in [0, 0.1) is 0 Å². The molecule has 4 rings (SSSR count). The van der Waals surface area contributed by atoms with Gasteiger partial charge in [0.15, 0.2) is 0 Å². The molecule has 2 aromatic heterocycles. The second kappa shape index (κ2) is 9.39. The molecule has 0 radical (unpaired) electrons. The lowest BCUT2D eigenvalue weighted by molar-refractivity contribution is 0.102. The molecule has 0 bridgehead atoms. The molecule has 0 spiro atoms. The van der Waals surface area contributed by atoms with Gasteiger partial charge in [0.25, 0.3) is 5.91 Å². The Morgan fingerprint density at radius 2 is 1.78 bits per heavy atom. The van der Waals surface area contributed by atoms with Crippen LogP contribution in [0.15, 0.2) is 88.5 Å². The van der Waals surface area contributed by atoms with Crippen molar-refractivity contribution < 1.29 is 17.6 Å². The molecule has 32 heavy (non-hydrogen) atoms. The Hall–Kier alpha value is -3.40. The summed E-state index contributed by atoms with van der Waals surface area (Å²) >= 11 is 5.92. The van der Waals surface area contributed by atoms with Crippen molar-refractivity contribution in [3.05, 3.63) is 101 Å². The van der Waals surface area contributed by atoms with Crippen molar-refractivity contribution in [1.82, 2.24) is 14.5 Å². The zero-order valence-corrected chi connectivity index (χ0v) is 18.3. The third kappa shape index (κ3) is 5.25. The van der Waals surface area contributed by atoms with Crippen LogP contribution in [0.3, 0.4) is 0 Å². The smallest absolute Gasteiger partial charge is 0.256 e. The Balaban J connectivity index is 1.41. The van der Waals surface area contributed by atoms with Crippen LogP contribution in [0.2, 0.25) is 5.02 Å². The van der Waals surface area contributed by atoms with Gasteiger partial charge in [-0.05, 0) is 54.1 Å². The van der Waals surface area contributed by atoms with Crippen LogP contribution in [0.1, 0.15) is 21.7 Å². The standard InChI is InChI=1S/C22H19ClN4O4S/c23-18-7-3-16(4-8-18)15-27-21(11-12-24-27)26-22(28)17-5-9-20(10-6-17)32(29,30)25-14-19-2-1-13-31-19/h1-13,25H,14-15H2,(H,26,28). The Kier molecular flexibility index (Phi) is 6.40. The van der Waals surface area contributed by atoms with Crippen LogP contribution in [0.5, 0.6) is 0 Å². The number of anilines is 1. The Morgan fingerprint density at radius 1 is 1.03 bits per heavy atom. The maximum atomic E-state index is 12.7. The second-order valence-corrected chi connectivity index (χ2v) is 9.09. The zero-order valence-electron chi connectivity index (χ0n) is 16.7. The number of hydrogen-bond acceptors (Lipinski definition) is 5. The SMILES string of the molecule is O=C(Nc1ccnn1Cc1ccc(Cl)cc1)c1ccc(S(=O)(=O)NCc2ccco2)cc1. The summed E-state index contributed by atoms with van der Waals surface area (Å²) in [7, 11) is -3.74. The topological polar surface area (TPSA) is 106 Å². The van der Waals surface area contributed by atoms with E-state index in [1.165, 1.54) is 30.5 Å². The molecule has 0 aliphatic carbocycles. The molecule has 164 valence electrons. The number of nitrogens with one attached hydrogen (secondary N) is 2. The minimum Gasteiger partial charge on any atom is -0.468 e. The van der Waals surface area contributed by atoms with Crippen LogP contribution in [0.25, 0.3) is 0 Å². The molecule has 1 amide bonds. The molecule has 0 fully saturated rings. The van der Waals surface area contributed by atoms with Crippen LogP contribution in [-0.4, -0.2) is 24.1 Å². The van der Waals surface area contributed by atoms with Gasteiger partial charge in [0.2, 0.25) is 10.0 Å². The largest absolute Gasteiger partial charge is 0.468 e. The number of carbonyl (C=O) groups excluding carboxylic acids is 1. The first-order valence-corrected chi connectivity index (χ1v) is 11.5. The maximum absolute atomic E-state index is 12.7. The van der Waals surface area contributed by atoms with Crippen molar-refractivity contribution in [2.75, 3.05) is 5.32 Å². The third-order valence-electron chi connectivity index (χ3n) is 4.65. The van der Waals surface area contributed by atoms with E-state index in [4.69, 9.17) is 16.0 Å². The van der Waals surface area contributed by atoms with Crippen molar-refractivity contribution in [2.24, 2.45) is 0 Å². The minimum absolute atomic E-state index is 0.0369. The van der Waals surface area contributed by atoms with Crippen molar-refractivity contribution in [2.45, 2.75) is 18.0 Å². The molecule has 0 unspecified atom stereocenters. The molecule has 0 saturated carbocycles. The summed E-state index contributed by atoms with van der Waals surface area (Å²) in [5.41, 5.74) is 1.29. The highest BCUT2D eigenvalue weighted by Gasteiger charge is 2.16. The molecule has 0 aliphatic rings. The quantitative estimate of drug-likeness (QED) is 0.406. The van der Waals surface area contributed by atoms with Gasteiger partial charge in [-0.3, -0.25) is 4.79 Å². The van der Waals surface area contributed by atoms with Crippen LogP contribution in [0.4, 0.5) is 5.82 Å². The van der Waals surface area contributed by atoms with Crippen molar-refractivity contribution >= 4 is 33.3 Å². The number of hydrogen-bond donors (Lipinski definition) is 2. The fourth-order valence-electron chi connectivity index (χ4n) is 2.96. The number of aromatic nitrogens is 2. The Labute approximate surface area is 189 Å². The first kappa shape index (κ1) is 21.8. The number of carbonyl (C=O) groups is 1. The van der Waals surface area contributed by atoms with Gasteiger partial charge < -0.3 is 9.73 Å². The molecular formula is C22H19ClN4O4S. The number of nitrogens with zero attached hydrogens (tertiary/aromatic N) is 2. The van der Waals surface area contributed by atoms with Crippen molar-refractivity contribution in [3.63, 3.8) is 0 Å². The number of amides is 1. The second-order valence-electron chi connectivity index (χ2n) is 6.88. The Bertz CT molecular complexity index is 1300. The lowest BCUT2D eigenvalue weighted by Crippen LogP contribution is -2.23. The lowest BCUT2D eigenvalue weighted by Gasteiger charge is -2.10. The van der Waals surface area contributed by atoms with Gasteiger partial charge in [0.1, 0.15) is 11.6 Å². The van der Waals surface area contributed by atoms with Crippen LogP contribution in [-0.2, 0) is 23.1 Å². The predicted molar refractivity (Wildman–Crippen MR) is 120 cm³/mol. The highest BCUT2D eigenvalue weighted by atomic mass is 35.5. The minimum atomic E-state index is -3.74. The highest BCUT2D eigenvalue weighted by molar-refractivity contribution is 7.89. The summed E-state index contributed by atoms with van der Waals surface area (Å²) in [6.45, 7) is 0.494. The molecule has 0 atom stereocenters. The number of benzene rings is 2. The molecule has 8 nitrogen and oxygen atoms in total. The summed E-state index contributed by atoms with van der Waals surface area (Å²) in [6.07, 6.45) is 3.06. The summed E-state index contributed by atoms with van der Waals surface area (Å²) in [5.74, 6) is 0.636. The van der Waals surface area contributed by atoms with Crippen molar-refractivity contribution in [1.29, 1.82) is 0 Å². The first-order valence-electron chi connectivity index (χ1n) is 9.60. The monoisotopic (exact) mass is 470 g/mol. The summed E-state index contributed by atoms with van der Waals surface area (Å²) in [6, 6.07) is 18.1. The average molecular weight is 471 g/mol. The van der Waals surface area contributed by atoms with Gasteiger partial charge in [-0.15, -0.1) is 0 Å². The van der Waals surface area contributed by atoms with E-state index >= 15 is 0 Å². The molecule has 10 heteroatoms. The lowest BCUT2D eigenvalue weighted by atomic mass is 10.2. The van der Waals surface area contributed by atoms with E-state index in [-0.39, 0.29) is 17.3 Å². The number of halogens is 1. The normalized spacial score (nSPS) is 11.4. The zero-order chi connectivity index (χ0) is 22.6. The average Bonchev–Trinajstić information content (AvgIpc) is 3.46. The number of furan rings is 1. The molecule has 2 heterocycles. The van der Waals surface area contributed by atoms with Gasteiger partial charge in [-0.1, -0.05) is 23.7 Å². The summed E-state index contributed by atoms with van der Waals surface area (Å²) in [5, 5.41) is 7.68. The van der Waals surface area contributed by atoms with E-state index < -0.39 is 10.0 Å². The predicted octanol–water partition coefficient (Wildman–Crippen LogP) is 3.91. The van der Waals surface area contributed by atoms with Gasteiger partial charge in [-0.25, -0.2) is 17.8 Å². The van der Waals surface area contributed by atoms with E-state index in [9.17, 15) is 13.2 Å². The molecule has 2 aromatic carbocycles. The highest BCUT2D eigenvalue weighted by Crippen LogP contribution is 2.16. The molecule has 0 aliphatic heterocycles. The van der Waals surface area contributed by atoms with Gasteiger partial charge in [0.05, 0.1) is 30.4 Å². The van der Waals surface area contributed by atoms with Gasteiger partial charge in [0, 0.05) is 16.7 Å². The van der Waals surface area contributed by atoms with E-state index in [1.54, 1.807) is 41.2 Å². The van der Waals surface area contributed by atoms with Gasteiger partial charge in [-0.2, -0.15) is 5.10 Å². The summed E-state index contributed by atoms with van der Waals surface area (Å²) in [4.78, 5) is 12.7. The van der Waals surface area contributed by atoms with Crippen LogP contribution >= 0.6 is 11.6 Å². The fourth-order valence-corrected chi connectivity index (χ4v) is 4.08.